The molecule has 0 aromatic carbocycles. The van der Waals surface area contributed by atoms with Gasteiger partial charge in [-0.05, 0) is 38.1 Å². The monoisotopic (exact) mass is 288 g/mol. The van der Waals surface area contributed by atoms with Crippen LogP contribution in [0.2, 0.25) is 0 Å². The zero-order valence-electron chi connectivity index (χ0n) is 12.4. The van der Waals surface area contributed by atoms with Gasteiger partial charge >= 0.3 is 0 Å². The molecule has 1 amide bonds. The van der Waals surface area contributed by atoms with E-state index in [0.717, 1.165) is 24.8 Å². The van der Waals surface area contributed by atoms with Crippen molar-refractivity contribution >= 4 is 17.7 Å². The first kappa shape index (κ1) is 16.8. The quantitative estimate of drug-likeness (QED) is 0.739. The van der Waals surface area contributed by atoms with Crippen LogP contribution in [0, 0.1) is 11.8 Å². The van der Waals surface area contributed by atoms with Crippen molar-refractivity contribution in [1.82, 2.24) is 10.2 Å². The zero-order valence-corrected chi connectivity index (χ0v) is 13.2. The molecule has 4 nitrogen and oxygen atoms in total. The van der Waals surface area contributed by atoms with Crippen LogP contribution in [0.3, 0.4) is 0 Å². The van der Waals surface area contributed by atoms with Crippen molar-refractivity contribution < 1.29 is 9.90 Å². The average Bonchev–Trinajstić information content (AvgIpc) is 2.39. The number of β-amino-alcohol motifs (C(OH)–C–C–N with tert-alkyl or cyclic N) is 1. The Kier molecular flexibility index (Phi) is 7.80. The first-order valence-corrected chi connectivity index (χ1v) is 8.59. The van der Waals surface area contributed by atoms with Crippen LogP contribution in [0.1, 0.15) is 26.7 Å². The number of thioether (sulfide) groups is 1. The van der Waals surface area contributed by atoms with E-state index in [1.165, 1.54) is 12.8 Å². The normalized spacial score (nSPS) is 21.1. The molecule has 1 heterocycles. The fraction of sp³-hybridized carbons (Fsp3) is 0.929. The van der Waals surface area contributed by atoms with E-state index >= 15 is 0 Å². The third-order valence-corrected chi connectivity index (χ3v) is 4.55. The van der Waals surface area contributed by atoms with E-state index in [1.54, 1.807) is 11.8 Å². The summed E-state index contributed by atoms with van der Waals surface area (Å²) < 4.78 is 0. The number of nitrogens with one attached hydrogen (secondary N) is 1. The first-order chi connectivity index (χ1) is 9.02. The van der Waals surface area contributed by atoms with Gasteiger partial charge in [-0.3, -0.25) is 4.79 Å². The summed E-state index contributed by atoms with van der Waals surface area (Å²) in [6, 6.07) is 0. The number of likely N-dealkylation sites (tertiary alicyclic amines) is 1. The molecule has 0 aromatic heterocycles. The number of aliphatic hydroxyl groups is 1. The minimum absolute atomic E-state index is 0.0121. The number of carbonyl (C=O) groups is 1. The van der Waals surface area contributed by atoms with E-state index in [9.17, 15) is 9.90 Å². The molecule has 112 valence electrons. The lowest BCUT2D eigenvalue weighted by molar-refractivity contribution is -0.124. The highest BCUT2D eigenvalue weighted by atomic mass is 32.2. The third-order valence-electron chi connectivity index (χ3n) is 3.72. The van der Waals surface area contributed by atoms with Gasteiger partial charge in [-0.15, -0.1) is 0 Å². The average molecular weight is 288 g/mol. The highest BCUT2D eigenvalue weighted by Gasteiger charge is 2.19. The predicted octanol–water partition coefficient (Wildman–Crippen LogP) is 1.19. The van der Waals surface area contributed by atoms with E-state index in [-0.39, 0.29) is 11.8 Å². The van der Waals surface area contributed by atoms with Gasteiger partial charge in [0, 0.05) is 24.8 Å². The van der Waals surface area contributed by atoms with Crippen molar-refractivity contribution in [2.75, 3.05) is 38.2 Å². The molecule has 0 spiro atoms. The Labute approximate surface area is 121 Å². The Morgan fingerprint density at radius 2 is 2.11 bits per heavy atom. The largest absolute Gasteiger partial charge is 0.390 e. The number of hydrogen-bond acceptors (Lipinski definition) is 4. The number of rotatable bonds is 7. The lowest BCUT2D eigenvalue weighted by Gasteiger charge is -2.31. The van der Waals surface area contributed by atoms with Crippen molar-refractivity contribution in [2.45, 2.75) is 32.8 Å². The minimum atomic E-state index is -0.459. The number of carbonyl (C=O) groups excluding carboxylic acids is 1. The molecule has 0 radical (unpaired) electrons. The van der Waals surface area contributed by atoms with Crippen LogP contribution in [0.15, 0.2) is 0 Å². The van der Waals surface area contributed by atoms with Crippen LogP contribution in [-0.2, 0) is 4.79 Å². The van der Waals surface area contributed by atoms with E-state index in [0.29, 0.717) is 13.1 Å². The summed E-state index contributed by atoms with van der Waals surface area (Å²) in [6.07, 6.45) is 3.96. The van der Waals surface area contributed by atoms with Gasteiger partial charge < -0.3 is 15.3 Å². The van der Waals surface area contributed by atoms with Crippen molar-refractivity contribution in [2.24, 2.45) is 11.8 Å². The lowest BCUT2D eigenvalue weighted by Crippen LogP contribution is -2.44. The molecule has 1 rings (SSSR count). The highest BCUT2D eigenvalue weighted by molar-refractivity contribution is 7.98. The van der Waals surface area contributed by atoms with Crippen molar-refractivity contribution in [3.63, 3.8) is 0 Å². The number of nitrogens with zero attached hydrogens (tertiary/aromatic N) is 1. The fourth-order valence-corrected chi connectivity index (χ4v) is 2.98. The van der Waals surface area contributed by atoms with Gasteiger partial charge in [-0.25, -0.2) is 0 Å². The van der Waals surface area contributed by atoms with Gasteiger partial charge in [0.05, 0.1) is 6.10 Å². The predicted molar refractivity (Wildman–Crippen MR) is 81.4 cm³/mol. The molecule has 0 saturated carbocycles. The second kappa shape index (κ2) is 8.82. The Bertz CT molecular complexity index is 268. The molecule has 2 unspecified atom stereocenters. The van der Waals surface area contributed by atoms with Gasteiger partial charge in [0.1, 0.15) is 0 Å². The third kappa shape index (κ3) is 6.63. The molecule has 0 bridgehead atoms. The highest BCUT2D eigenvalue weighted by Crippen LogP contribution is 2.15. The molecule has 1 aliphatic heterocycles. The molecule has 19 heavy (non-hydrogen) atoms. The number of amides is 1. The van der Waals surface area contributed by atoms with Crippen LogP contribution >= 0.6 is 11.8 Å². The Morgan fingerprint density at radius 3 is 2.68 bits per heavy atom. The van der Waals surface area contributed by atoms with E-state index in [2.05, 4.69) is 17.1 Å². The van der Waals surface area contributed by atoms with E-state index in [4.69, 9.17) is 0 Å². The maximum Gasteiger partial charge on any atom is 0.223 e. The van der Waals surface area contributed by atoms with Crippen molar-refractivity contribution in [3.05, 3.63) is 0 Å². The van der Waals surface area contributed by atoms with E-state index < -0.39 is 6.10 Å². The van der Waals surface area contributed by atoms with Gasteiger partial charge in [0.2, 0.25) is 5.91 Å². The number of piperidine rings is 1. The summed E-state index contributed by atoms with van der Waals surface area (Å²) in [4.78, 5) is 14.0. The van der Waals surface area contributed by atoms with Crippen LogP contribution in [-0.4, -0.2) is 60.2 Å². The van der Waals surface area contributed by atoms with Crippen LogP contribution < -0.4 is 5.32 Å². The Balaban J connectivity index is 2.17. The lowest BCUT2D eigenvalue weighted by atomic mass is 9.99. The topological polar surface area (TPSA) is 52.6 Å². The Morgan fingerprint density at radius 1 is 1.47 bits per heavy atom. The smallest absolute Gasteiger partial charge is 0.223 e. The second-order valence-electron chi connectivity index (χ2n) is 5.74. The first-order valence-electron chi connectivity index (χ1n) is 7.20. The maximum atomic E-state index is 11.7. The molecule has 2 N–H and O–H groups in total. The molecule has 1 fully saturated rings. The van der Waals surface area contributed by atoms with Crippen molar-refractivity contribution in [3.8, 4) is 0 Å². The molecule has 0 aliphatic carbocycles. The summed E-state index contributed by atoms with van der Waals surface area (Å²) in [5, 5.41) is 12.8. The maximum absolute atomic E-state index is 11.7. The molecule has 1 aliphatic rings. The molecular formula is C14H28N2O2S. The molecule has 2 atom stereocenters. The number of aliphatic hydroxyl groups excluding tert-OH is 1. The molecule has 5 heteroatoms. The zero-order chi connectivity index (χ0) is 14.3. The van der Waals surface area contributed by atoms with Gasteiger partial charge in [-0.2, -0.15) is 11.8 Å². The SMILES string of the molecule is CSCC(C)C(=O)NCC(O)CN1CCC(C)CC1. The summed E-state index contributed by atoms with van der Waals surface area (Å²) in [5.74, 6) is 1.69. The van der Waals surface area contributed by atoms with Gasteiger partial charge in [-0.1, -0.05) is 13.8 Å². The second-order valence-corrected chi connectivity index (χ2v) is 6.65. The fourth-order valence-electron chi connectivity index (χ4n) is 2.33. The van der Waals surface area contributed by atoms with E-state index in [1.807, 2.05) is 13.2 Å². The van der Waals surface area contributed by atoms with Crippen molar-refractivity contribution in [1.29, 1.82) is 0 Å². The van der Waals surface area contributed by atoms with Gasteiger partial charge in [0.15, 0.2) is 0 Å². The van der Waals surface area contributed by atoms with Crippen LogP contribution in [0.5, 0.6) is 0 Å². The Hall–Kier alpha value is -0.260. The standard InChI is InChI=1S/C14H28N2O2S/c1-11-4-6-16(7-5-11)9-13(17)8-15-14(18)12(2)10-19-3/h11-13,17H,4-10H2,1-3H3,(H,15,18). The summed E-state index contributed by atoms with van der Waals surface area (Å²) >= 11 is 1.67. The van der Waals surface area contributed by atoms with Crippen LogP contribution in [0.25, 0.3) is 0 Å². The van der Waals surface area contributed by atoms with Crippen LogP contribution in [0.4, 0.5) is 0 Å². The molecular weight excluding hydrogens is 260 g/mol. The summed E-state index contributed by atoms with van der Waals surface area (Å²) in [7, 11) is 0. The summed E-state index contributed by atoms with van der Waals surface area (Å²) in [6.45, 7) is 7.36. The molecule has 1 saturated heterocycles. The summed E-state index contributed by atoms with van der Waals surface area (Å²) in [5.41, 5.74) is 0. The van der Waals surface area contributed by atoms with Gasteiger partial charge in [0.25, 0.3) is 0 Å². The number of hydrogen-bond donors (Lipinski definition) is 2. The molecule has 0 aromatic rings. The minimum Gasteiger partial charge on any atom is -0.390 e.